The van der Waals surface area contributed by atoms with Crippen molar-refractivity contribution in [3.05, 3.63) is 0 Å². The number of esters is 2. The lowest BCUT2D eigenvalue weighted by Gasteiger charge is -2.42. The lowest BCUT2D eigenvalue weighted by molar-refractivity contribution is -0.240. The highest BCUT2D eigenvalue weighted by Gasteiger charge is 2.63. The van der Waals surface area contributed by atoms with Crippen LogP contribution in [0.2, 0.25) is 0 Å². The average molecular weight is 404 g/mol. The van der Waals surface area contributed by atoms with Crippen molar-refractivity contribution < 1.29 is 28.5 Å². The van der Waals surface area contributed by atoms with Crippen LogP contribution >= 0.6 is 34.8 Å². The van der Waals surface area contributed by atoms with Gasteiger partial charge in [-0.2, -0.15) is 0 Å². The van der Waals surface area contributed by atoms with Gasteiger partial charge in [-0.1, -0.05) is 36.5 Å². The lowest BCUT2D eigenvalue weighted by atomic mass is 9.89. The van der Waals surface area contributed by atoms with E-state index in [4.69, 9.17) is 53.8 Å². The third-order valence-electron chi connectivity index (χ3n) is 4.10. The number of rotatable bonds is 5. The largest absolute Gasteiger partial charge is 0.463 e. The van der Waals surface area contributed by atoms with Crippen LogP contribution in [-0.4, -0.2) is 52.9 Å². The molecule has 0 aromatic rings. The van der Waals surface area contributed by atoms with Crippen LogP contribution in [0.4, 0.5) is 0 Å². The third-order valence-corrected chi connectivity index (χ3v) is 5.61. The van der Waals surface area contributed by atoms with Crippen LogP contribution in [0.3, 0.4) is 0 Å². The fraction of sp³-hybridized carbons (Fsp3) is 0.867. The SMILES string of the molecule is CCC[C@H]1O[C@H]2O[C@H](COC(C)=O)[C@H](OC(C)=O)[C@H](Cl)[C@H]2C1(Cl)Cl. The highest BCUT2D eigenvalue weighted by atomic mass is 35.5. The molecule has 2 fully saturated rings. The Bertz CT molecular complexity index is 486. The summed E-state index contributed by atoms with van der Waals surface area (Å²) in [5.74, 6) is -1.59. The first-order chi connectivity index (χ1) is 11.2. The van der Waals surface area contributed by atoms with Gasteiger partial charge in [0.1, 0.15) is 18.8 Å². The molecule has 0 spiro atoms. The molecule has 0 aromatic heterocycles. The molecule has 24 heavy (non-hydrogen) atoms. The number of ether oxygens (including phenoxy) is 4. The Kier molecular flexibility index (Phi) is 6.65. The molecule has 9 heteroatoms. The molecule has 0 aliphatic carbocycles. The summed E-state index contributed by atoms with van der Waals surface area (Å²) in [7, 11) is 0. The maximum Gasteiger partial charge on any atom is 0.303 e. The molecule has 138 valence electrons. The molecule has 2 aliphatic rings. The monoisotopic (exact) mass is 402 g/mol. The smallest absolute Gasteiger partial charge is 0.303 e. The van der Waals surface area contributed by atoms with E-state index in [0.717, 1.165) is 6.42 Å². The molecule has 6 nitrogen and oxygen atoms in total. The summed E-state index contributed by atoms with van der Waals surface area (Å²) in [5, 5.41) is -0.745. The number of hydrogen-bond donors (Lipinski definition) is 0. The Labute approximate surface area is 156 Å². The van der Waals surface area contributed by atoms with Crippen molar-refractivity contribution in [2.75, 3.05) is 6.61 Å². The maximum atomic E-state index is 11.4. The summed E-state index contributed by atoms with van der Waals surface area (Å²) in [5.41, 5.74) is 0. The van der Waals surface area contributed by atoms with Crippen LogP contribution < -0.4 is 0 Å². The second-order valence-electron chi connectivity index (χ2n) is 5.98. The maximum absolute atomic E-state index is 11.4. The van der Waals surface area contributed by atoms with Crippen molar-refractivity contribution in [3.8, 4) is 0 Å². The number of carbonyl (C=O) groups excluding carboxylic acids is 2. The van der Waals surface area contributed by atoms with Gasteiger partial charge in [0, 0.05) is 13.8 Å². The summed E-state index contributed by atoms with van der Waals surface area (Å²) in [4.78, 5) is 22.5. The quantitative estimate of drug-likeness (QED) is 0.519. The molecular weight excluding hydrogens is 383 g/mol. The molecule has 0 bridgehead atoms. The van der Waals surface area contributed by atoms with Gasteiger partial charge in [0.05, 0.1) is 17.4 Å². The zero-order chi connectivity index (χ0) is 18.1. The molecule has 0 aromatic carbocycles. The molecule has 2 heterocycles. The number of alkyl halides is 3. The lowest BCUT2D eigenvalue weighted by Crippen LogP contribution is -2.57. The summed E-state index contributed by atoms with van der Waals surface area (Å²) in [6, 6.07) is 0. The standard InChI is InChI=1S/C15H21Cl3O6/c1-4-5-10-15(17,18)11-12(16)13(22-8(3)20)9(6-21-7(2)19)23-14(11)24-10/h9-14H,4-6H2,1-3H3/t9-,10-,11-,12-,13+,14-/m1/s1. The van der Waals surface area contributed by atoms with Crippen molar-refractivity contribution in [1.29, 1.82) is 0 Å². The number of carbonyl (C=O) groups is 2. The molecule has 0 unspecified atom stereocenters. The van der Waals surface area contributed by atoms with Gasteiger partial charge in [-0.3, -0.25) is 9.59 Å². The summed E-state index contributed by atoms with van der Waals surface area (Å²) >= 11 is 19.6. The number of fused-ring (bicyclic) bond motifs is 1. The fourth-order valence-corrected chi connectivity index (χ4v) is 4.52. The average Bonchev–Trinajstić information content (AvgIpc) is 2.71. The Morgan fingerprint density at radius 2 is 1.83 bits per heavy atom. The minimum atomic E-state index is -1.27. The first-order valence-electron chi connectivity index (χ1n) is 7.81. The fourth-order valence-electron chi connectivity index (χ4n) is 3.06. The van der Waals surface area contributed by atoms with E-state index in [0.29, 0.717) is 6.42 Å². The van der Waals surface area contributed by atoms with Crippen LogP contribution in [0.5, 0.6) is 0 Å². The molecule has 0 amide bonds. The van der Waals surface area contributed by atoms with Crippen LogP contribution in [-0.2, 0) is 28.5 Å². The molecule has 2 rings (SSSR count). The summed E-state index contributed by atoms with van der Waals surface area (Å²) in [6.45, 7) is 4.41. The summed E-state index contributed by atoms with van der Waals surface area (Å²) in [6.07, 6.45) is -1.36. The Morgan fingerprint density at radius 3 is 2.38 bits per heavy atom. The first-order valence-corrected chi connectivity index (χ1v) is 9.01. The number of halogens is 3. The molecule has 0 saturated carbocycles. The van der Waals surface area contributed by atoms with Crippen molar-refractivity contribution in [1.82, 2.24) is 0 Å². The van der Waals surface area contributed by atoms with E-state index in [-0.39, 0.29) is 6.61 Å². The Hall–Kier alpha value is -0.270. The van der Waals surface area contributed by atoms with Crippen LogP contribution in [0.15, 0.2) is 0 Å². The van der Waals surface area contributed by atoms with Gasteiger partial charge in [0.2, 0.25) is 0 Å². The van der Waals surface area contributed by atoms with Crippen molar-refractivity contribution in [2.45, 2.75) is 67.9 Å². The van der Waals surface area contributed by atoms with Crippen molar-refractivity contribution in [3.63, 3.8) is 0 Å². The Balaban J connectivity index is 2.23. The minimum Gasteiger partial charge on any atom is -0.463 e. The van der Waals surface area contributed by atoms with Crippen molar-refractivity contribution >= 4 is 46.7 Å². The van der Waals surface area contributed by atoms with E-state index in [1.165, 1.54) is 13.8 Å². The first kappa shape index (κ1) is 20.0. The van der Waals surface area contributed by atoms with E-state index in [1.807, 2.05) is 6.92 Å². The molecule has 0 radical (unpaired) electrons. The van der Waals surface area contributed by atoms with Gasteiger partial charge in [0.25, 0.3) is 0 Å². The zero-order valence-electron chi connectivity index (χ0n) is 13.7. The normalized spacial score (nSPS) is 37.6. The topological polar surface area (TPSA) is 71.1 Å². The van der Waals surface area contributed by atoms with Crippen LogP contribution in [0.1, 0.15) is 33.6 Å². The van der Waals surface area contributed by atoms with Crippen molar-refractivity contribution in [2.24, 2.45) is 5.92 Å². The van der Waals surface area contributed by atoms with Gasteiger partial charge in [-0.25, -0.2) is 0 Å². The minimum absolute atomic E-state index is 0.112. The van der Waals surface area contributed by atoms with E-state index < -0.39 is 52.2 Å². The predicted octanol–water partition coefficient (Wildman–Crippen LogP) is 2.80. The summed E-state index contributed by atoms with van der Waals surface area (Å²) < 4.78 is 20.7. The molecule has 2 saturated heterocycles. The van der Waals surface area contributed by atoms with Crippen LogP contribution in [0.25, 0.3) is 0 Å². The van der Waals surface area contributed by atoms with E-state index in [9.17, 15) is 9.59 Å². The van der Waals surface area contributed by atoms with Gasteiger partial charge >= 0.3 is 11.9 Å². The van der Waals surface area contributed by atoms with Gasteiger partial charge in [-0.15, -0.1) is 11.6 Å². The molecule has 0 N–H and O–H groups in total. The van der Waals surface area contributed by atoms with Gasteiger partial charge < -0.3 is 18.9 Å². The third kappa shape index (κ3) is 4.10. The molecular formula is C15H21Cl3O6. The second kappa shape index (κ2) is 7.96. The number of hydrogen-bond acceptors (Lipinski definition) is 6. The second-order valence-corrected chi connectivity index (χ2v) is 7.93. The highest BCUT2D eigenvalue weighted by Crippen LogP contribution is 2.53. The van der Waals surface area contributed by atoms with E-state index in [1.54, 1.807) is 0 Å². The predicted molar refractivity (Wildman–Crippen MR) is 88.2 cm³/mol. The molecule has 6 atom stereocenters. The zero-order valence-corrected chi connectivity index (χ0v) is 15.9. The van der Waals surface area contributed by atoms with Gasteiger partial charge in [0.15, 0.2) is 10.6 Å². The highest BCUT2D eigenvalue weighted by molar-refractivity contribution is 6.49. The van der Waals surface area contributed by atoms with Gasteiger partial charge in [-0.05, 0) is 6.42 Å². The Morgan fingerprint density at radius 1 is 1.17 bits per heavy atom. The molecule has 2 aliphatic heterocycles. The van der Waals surface area contributed by atoms with Crippen LogP contribution in [0, 0.1) is 5.92 Å². The van der Waals surface area contributed by atoms with E-state index >= 15 is 0 Å². The van der Waals surface area contributed by atoms with E-state index in [2.05, 4.69) is 0 Å².